The van der Waals surface area contributed by atoms with Crippen molar-refractivity contribution < 1.29 is 36.0 Å². The van der Waals surface area contributed by atoms with Crippen LogP contribution in [0.1, 0.15) is 5.56 Å². The molecule has 112 valence electrons. The Bertz CT molecular complexity index is 528. The van der Waals surface area contributed by atoms with Crippen molar-refractivity contribution in [2.24, 2.45) is 0 Å². The highest BCUT2D eigenvalue weighted by atomic mass is 79.9. The van der Waals surface area contributed by atoms with Crippen LogP contribution in [0.4, 0.5) is 32.0 Å². The lowest BCUT2D eigenvalue weighted by Gasteiger charge is -2.15. The van der Waals surface area contributed by atoms with Crippen molar-refractivity contribution in [1.82, 2.24) is 0 Å². The van der Waals surface area contributed by atoms with Gasteiger partial charge in [0.15, 0.2) is 6.61 Å². The average Bonchev–Trinajstić information content (AvgIpc) is 2.23. The molecule has 11 heteroatoms. The molecule has 1 aromatic carbocycles. The number of benzene rings is 1. The molecule has 0 unspecified atom stereocenters. The molecule has 1 rings (SSSR count). The first-order valence-electron chi connectivity index (χ1n) is 4.66. The van der Waals surface area contributed by atoms with Crippen LogP contribution in [0.2, 0.25) is 0 Å². The van der Waals surface area contributed by atoms with Crippen LogP contribution < -0.4 is 4.74 Å². The molecule has 0 radical (unpaired) electrons. The van der Waals surface area contributed by atoms with Crippen LogP contribution in [0.15, 0.2) is 16.6 Å². The van der Waals surface area contributed by atoms with Gasteiger partial charge < -0.3 is 4.74 Å². The lowest BCUT2D eigenvalue weighted by Crippen LogP contribution is -2.21. The highest BCUT2D eigenvalue weighted by Gasteiger charge is 2.38. The van der Waals surface area contributed by atoms with Gasteiger partial charge in [0.1, 0.15) is 11.3 Å². The van der Waals surface area contributed by atoms with Gasteiger partial charge in [0, 0.05) is 12.1 Å². The average molecular weight is 368 g/mol. The van der Waals surface area contributed by atoms with E-state index in [-0.39, 0.29) is 6.07 Å². The molecule has 0 aliphatic carbocycles. The first-order chi connectivity index (χ1) is 8.92. The fourth-order valence-electron chi connectivity index (χ4n) is 1.18. The maximum Gasteiger partial charge on any atom is 0.422 e. The topological polar surface area (TPSA) is 52.4 Å². The van der Waals surface area contributed by atoms with Gasteiger partial charge in [0.25, 0.3) is 5.69 Å². The molecule has 0 N–H and O–H groups in total. The Morgan fingerprint density at radius 1 is 1.20 bits per heavy atom. The third kappa shape index (κ3) is 4.25. The molecular formula is C9H4BrF6NO3. The van der Waals surface area contributed by atoms with Crippen molar-refractivity contribution in [3.63, 3.8) is 0 Å². The summed E-state index contributed by atoms with van der Waals surface area (Å²) in [5, 5.41) is 10.5. The second kappa shape index (κ2) is 5.46. The summed E-state index contributed by atoms with van der Waals surface area (Å²) in [6, 6.07) is 0.586. The normalized spacial score (nSPS) is 12.3. The molecule has 0 bridgehead atoms. The van der Waals surface area contributed by atoms with Crippen molar-refractivity contribution in [2.75, 3.05) is 6.61 Å². The number of halogens is 7. The van der Waals surface area contributed by atoms with Crippen LogP contribution in [0, 0.1) is 10.1 Å². The summed E-state index contributed by atoms with van der Waals surface area (Å²) < 4.78 is 77.4. The smallest absolute Gasteiger partial charge is 0.422 e. The van der Waals surface area contributed by atoms with Crippen LogP contribution in [-0.4, -0.2) is 17.7 Å². The van der Waals surface area contributed by atoms with Crippen LogP contribution in [-0.2, 0) is 6.18 Å². The van der Waals surface area contributed by atoms with Crippen LogP contribution in [0.3, 0.4) is 0 Å². The van der Waals surface area contributed by atoms with E-state index in [0.29, 0.717) is 6.07 Å². The zero-order valence-corrected chi connectivity index (χ0v) is 10.8. The summed E-state index contributed by atoms with van der Waals surface area (Å²) in [7, 11) is 0. The molecule has 1 aromatic rings. The molecule has 0 aromatic heterocycles. The second-order valence-electron chi connectivity index (χ2n) is 3.46. The number of nitro groups is 1. The molecule has 0 aliphatic heterocycles. The van der Waals surface area contributed by atoms with E-state index in [9.17, 15) is 36.5 Å². The lowest BCUT2D eigenvalue weighted by atomic mass is 10.1. The van der Waals surface area contributed by atoms with E-state index in [1.54, 1.807) is 0 Å². The standard InChI is InChI=1S/C9H4BrF6NO3/c10-5-2-7(20-3-8(11,12)13)4(9(14,15)16)1-6(5)17(18)19/h1-2H,3H2. The molecule has 0 saturated heterocycles. The van der Waals surface area contributed by atoms with Crippen LogP contribution in [0.5, 0.6) is 5.75 Å². The summed E-state index contributed by atoms with van der Waals surface area (Å²) in [5.41, 5.74) is -2.59. The van der Waals surface area contributed by atoms with Gasteiger partial charge in [-0.2, -0.15) is 26.3 Å². The van der Waals surface area contributed by atoms with E-state index >= 15 is 0 Å². The van der Waals surface area contributed by atoms with Crippen LogP contribution in [0.25, 0.3) is 0 Å². The molecular weight excluding hydrogens is 364 g/mol. The number of hydrogen-bond acceptors (Lipinski definition) is 3. The zero-order chi connectivity index (χ0) is 15.7. The van der Waals surface area contributed by atoms with E-state index in [1.165, 1.54) is 0 Å². The summed E-state index contributed by atoms with van der Waals surface area (Å²) >= 11 is 2.60. The quantitative estimate of drug-likeness (QED) is 0.454. The third-order valence-corrected chi connectivity index (χ3v) is 2.58. The van der Waals surface area contributed by atoms with Gasteiger partial charge in [-0.25, -0.2) is 0 Å². The molecule has 0 heterocycles. The van der Waals surface area contributed by atoms with Crippen molar-refractivity contribution in [3.8, 4) is 5.75 Å². The number of ether oxygens (including phenoxy) is 1. The SMILES string of the molecule is O=[N+]([O-])c1cc(C(F)(F)F)c(OCC(F)(F)F)cc1Br. The first kappa shape index (κ1) is 16.5. The van der Waals surface area contributed by atoms with Gasteiger partial charge in [-0.15, -0.1) is 0 Å². The number of hydrogen-bond donors (Lipinski definition) is 0. The third-order valence-electron chi connectivity index (χ3n) is 1.94. The van der Waals surface area contributed by atoms with E-state index in [1.807, 2.05) is 0 Å². The molecule has 4 nitrogen and oxygen atoms in total. The van der Waals surface area contributed by atoms with Crippen molar-refractivity contribution in [2.45, 2.75) is 12.4 Å². The lowest BCUT2D eigenvalue weighted by molar-refractivity contribution is -0.385. The van der Waals surface area contributed by atoms with E-state index in [2.05, 4.69) is 20.7 Å². The minimum absolute atomic E-state index is 0.107. The highest BCUT2D eigenvalue weighted by Crippen LogP contribution is 2.42. The molecule has 20 heavy (non-hydrogen) atoms. The van der Waals surface area contributed by atoms with Crippen LogP contribution >= 0.6 is 15.9 Å². The molecule has 0 atom stereocenters. The summed E-state index contributed by atoms with van der Waals surface area (Å²) in [6.07, 6.45) is -9.93. The van der Waals surface area contributed by atoms with Gasteiger partial charge in [-0.1, -0.05) is 0 Å². The van der Waals surface area contributed by atoms with E-state index in [4.69, 9.17) is 0 Å². The van der Waals surface area contributed by atoms with E-state index < -0.39 is 45.4 Å². The minimum Gasteiger partial charge on any atom is -0.483 e. The molecule has 0 saturated carbocycles. The fourth-order valence-corrected chi connectivity index (χ4v) is 1.65. The molecule has 0 amide bonds. The molecule has 0 spiro atoms. The molecule has 0 fully saturated rings. The Morgan fingerprint density at radius 3 is 2.15 bits per heavy atom. The Labute approximate surface area is 115 Å². The highest BCUT2D eigenvalue weighted by molar-refractivity contribution is 9.10. The van der Waals surface area contributed by atoms with Crippen molar-refractivity contribution in [3.05, 3.63) is 32.3 Å². The maximum absolute atomic E-state index is 12.6. The maximum atomic E-state index is 12.6. The van der Waals surface area contributed by atoms with Gasteiger partial charge >= 0.3 is 12.4 Å². The zero-order valence-electron chi connectivity index (χ0n) is 9.18. The fraction of sp³-hybridized carbons (Fsp3) is 0.333. The Balaban J connectivity index is 3.29. The Morgan fingerprint density at radius 2 is 1.75 bits per heavy atom. The summed E-state index contributed by atoms with van der Waals surface area (Å²) in [5.74, 6) is -1.15. The van der Waals surface area contributed by atoms with Gasteiger partial charge in [0.2, 0.25) is 0 Å². The van der Waals surface area contributed by atoms with Crippen molar-refractivity contribution >= 4 is 21.6 Å². The largest absolute Gasteiger partial charge is 0.483 e. The Kier molecular flexibility index (Phi) is 4.52. The number of rotatable bonds is 3. The number of nitro benzene ring substituents is 1. The Hall–Kier alpha value is -1.52. The minimum atomic E-state index is -5.09. The second-order valence-corrected chi connectivity index (χ2v) is 4.31. The van der Waals surface area contributed by atoms with E-state index in [0.717, 1.165) is 0 Å². The number of alkyl halides is 6. The first-order valence-corrected chi connectivity index (χ1v) is 5.46. The van der Waals surface area contributed by atoms with Gasteiger partial charge in [-0.3, -0.25) is 10.1 Å². The predicted octanol–water partition coefficient (Wildman–Crippen LogP) is 4.32. The molecule has 0 aliphatic rings. The van der Waals surface area contributed by atoms with Gasteiger partial charge in [0.05, 0.1) is 9.40 Å². The summed E-state index contributed by atoms with van der Waals surface area (Å²) in [4.78, 5) is 9.41. The van der Waals surface area contributed by atoms with Crippen molar-refractivity contribution in [1.29, 1.82) is 0 Å². The predicted molar refractivity (Wildman–Crippen MR) is 57.3 cm³/mol. The summed E-state index contributed by atoms with van der Waals surface area (Å²) in [6.45, 7) is -1.94. The van der Waals surface area contributed by atoms with Gasteiger partial charge in [-0.05, 0) is 15.9 Å². The monoisotopic (exact) mass is 367 g/mol. The number of nitrogens with zero attached hydrogens (tertiary/aromatic N) is 1.